The van der Waals surface area contributed by atoms with Crippen LogP contribution in [0, 0.1) is 5.92 Å². The van der Waals surface area contributed by atoms with E-state index in [1.54, 1.807) is 12.4 Å². The molecule has 3 N–H and O–H groups in total. The van der Waals surface area contributed by atoms with Crippen molar-refractivity contribution in [2.75, 3.05) is 11.4 Å². The Morgan fingerprint density at radius 3 is 2.67 bits per heavy atom. The van der Waals surface area contributed by atoms with Gasteiger partial charge in [0.25, 0.3) is 0 Å². The minimum Gasteiger partial charge on any atom is -0.409 e. The fourth-order valence-corrected chi connectivity index (χ4v) is 2.84. The van der Waals surface area contributed by atoms with Crippen molar-refractivity contribution in [3.8, 4) is 0 Å². The zero-order valence-corrected chi connectivity index (χ0v) is 12.9. The first kappa shape index (κ1) is 15.5. The number of hydrogen-bond acceptors (Lipinski definition) is 5. The molecule has 116 valence electrons. The predicted octanol–water partition coefficient (Wildman–Crippen LogP) is 2.37. The second-order valence-electron chi connectivity index (χ2n) is 6.03. The highest BCUT2D eigenvalue weighted by atomic mass is 16.4. The van der Waals surface area contributed by atoms with E-state index in [1.807, 2.05) is 0 Å². The van der Waals surface area contributed by atoms with Gasteiger partial charge >= 0.3 is 0 Å². The lowest BCUT2D eigenvalue weighted by Crippen LogP contribution is -2.37. The van der Waals surface area contributed by atoms with Gasteiger partial charge in [0.2, 0.25) is 0 Å². The molecule has 1 aliphatic carbocycles. The Morgan fingerprint density at radius 2 is 2.05 bits per heavy atom. The summed E-state index contributed by atoms with van der Waals surface area (Å²) in [6.07, 6.45) is 9.17. The van der Waals surface area contributed by atoms with Gasteiger partial charge in [0, 0.05) is 25.0 Å². The maximum Gasteiger partial charge on any atom is 0.192 e. The van der Waals surface area contributed by atoms with Gasteiger partial charge in [-0.2, -0.15) is 0 Å². The zero-order chi connectivity index (χ0) is 15.2. The molecule has 6 heteroatoms. The second kappa shape index (κ2) is 7.24. The van der Waals surface area contributed by atoms with Crippen molar-refractivity contribution in [2.45, 2.75) is 52.0 Å². The van der Waals surface area contributed by atoms with E-state index in [2.05, 4.69) is 33.9 Å². The van der Waals surface area contributed by atoms with Crippen LogP contribution in [-0.4, -0.2) is 33.6 Å². The number of nitrogens with zero attached hydrogens (tertiary/aromatic N) is 4. The van der Waals surface area contributed by atoms with Crippen LogP contribution < -0.4 is 10.6 Å². The summed E-state index contributed by atoms with van der Waals surface area (Å²) in [5.41, 5.74) is 6.23. The molecule has 1 fully saturated rings. The highest BCUT2D eigenvalue weighted by Gasteiger charge is 2.26. The van der Waals surface area contributed by atoms with Gasteiger partial charge in [-0.3, -0.25) is 0 Å². The summed E-state index contributed by atoms with van der Waals surface area (Å²) < 4.78 is 0. The third-order valence-electron chi connectivity index (χ3n) is 4.01. The fourth-order valence-electron chi connectivity index (χ4n) is 2.84. The summed E-state index contributed by atoms with van der Waals surface area (Å²) in [5, 5.41) is 12.0. The standard InChI is InChI=1S/C15H25N5O/c1-11(2)7-10-20(12-5-3-4-6-12)15-13(14(16)19-21)17-8-9-18-15/h8-9,11-12,21H,3-7,10H2,1-2H3,(H2,16,19). The molecule has 1 aromatic heterocycles. The van der Waals surface area contributed by atoms with Gasteiger partial charge in [-0.15, -0.1) is 0 Å². The largest absolute Gasteiger partial charge is 0.409 e. The van der Waals surface area contributed by atoms with Gasteiger partial charge in [-0.25, -0.2) is 9.97 Å². The zero-order valence-electron chi connectivity index (χ0n) is 12.9. The molecule has 0 saturated heterocycles. The first-order valence-corrected chi connectivity index (χ1v) is 7.69. The Morgan fingerprint density at radius 1 is 1.38 bits per heavy atom. The van der Waals surface area contributed by atoms with Crippen LogP contribution in [0.25, 0.3) is 0 Å². The van der Waals surface area contributed by atoms with Crippen LogP contribution in [0.5, 0.6) is 0 Å². The Balaban J connectivity index is 2.31. The normalized spacial score (nSPS) is 16.6. The van der Waals surface area contributed by atoms with Crippen molar-refractivity contribution in [2.24, 2.45) is 16.8 Å². The maximum absolute atomic E-state index is 8.95. The van der Waals surface area contributed by atoms with E-state index in [1.165, 1.54) is 25.7 Å². The number of hydrogen-bond donors (Lipinski definition) is 2. The lowest BCUT2D eigenvalue weighted by molar-refractivity contribution is 0.318. The molecule has 0 aromatic carbocycles. The van der Waals surface area contributed by atoms with Gasteiger partial charge in [-0.05, 0) is 25.2 Å². The lowest BCUT2D eigenvalue weighted by Gasteiger charge is -2.31. The van der Waals surface area contributed by atoms with E-state index in [4.69, 9.17) is 10.9 Å². The molecule has 1 aliphatic rings. The van der Waals surface area contributed by atoms with Crippen LogP contribution in [0.1, 0.15) is 51.6 Å². The van der Waals surface area contributed by atoms with Crippen molar-refractivity contribution < 1.29 is 5.21 Å². The summed E-state index contributed by atoms with van der Waals surface area (Å²) >= 11 is 0. The molecule has 0 radical (unpaired) electrons. The van der Waals surface area contributed by atoms with Crippen LogP contribution in [0.3, 0.4) is 0 Å². The minimum absolute atomic E-state index is 0.0191. The van der Waals surface area contributed by atoms with Crippen LogP contribution in [-0.2, 0) is 0 Å². The topological polar surface area (TPSA) is 87.6 Å². The quantitative estimate of drug-likeness (QED) is 0.363. The molecule has 2 rings (SSSR count). The van der Waals surface area contributed by atoms with Crippen LogP contribution in [0.15, 0.2) is 17.5 Å². The molecule has 0 unspecified atom stereocenters. The number of rotatable bonds is 6. The Labute approximate surface area is 126 Å². The monoisotopic (exact) mass is 291 g/mol. The predicted molar refractivity (Wildman–Crippen MR) is 83.6 cm³/mol. The highest BCUT2D eigenvalue weighted by molar-refractivity contribution is 5.99. The molecule has 21 heavy (non-hydrogen) atoms. The lowest BCUT2D eigenvalue weighted by atomic mass is 10.1. The fraction of sp³-hybridized carbons (Fsp3) is 0.667. The van der Waals surface area contributed by atoms with Crippen LogP contribution >= 0.6 is 0 Å². The van der Waals surface area contributed by atoms with Gasteiger partial charge in [0.1, 0.15) is 0 Å². The van der Waals surface area contributed by atoms with Crippen LogP contribution in [0.2, 0.25) is 0 Å². The molecule has 0 atom stereocenters. The number of nitrogens with two attached hydrogens (primary N) is 1. The minimum atomic E-state index is 0.0191. The first-order chi connectivity index (χ1) is 10.1. The molecule has 0 amide bonds. The molecule has 6 nitrogen and oxygen atoms in total. The van der Waals surface area contributed by atoms with Crippen LogP contribution in [0.4, 0.5) is 5.82 Å². The van der Waals surface area contributed by atoms with Crippen molar-refractivity contribution >= 4 is 11.7 Å². The molecule has 0 bridgehead atoms. The SMILES string of the molecule is CC(C)CCN(c1nccnc1C(N)=NO)C1CCCC1. The van der Waals surface area contributed by atoms with E-state index in [9.17, 15) is 0 Å². The van der Waals surface area contributed by atoms with E-state index in [0.717, 1.165) is 18.8 Å². The first-order valence-electron chi connectivity index (χ1n) is 7.69. The molecule has 0 aliphatic heterocycles. The van der Waals surface area contributed by atoms with E-state index in [-0.39, 0.29) is 5.84 Å². The summed E-state index contributed by atoms with van der Waals surface area (Å²) in [5.74, 6) is 1.38. The van der Waals surface area contributed by atoms with Crippen molar-refractivity contribution in [3.63, 3.8) is 0 Å². The van der Waals surface area contributed by atoms with Gasteiger partial charge < -0.3 is 15.8 Å². The van der Waals surface area contributed by atoms with Crippen molar-refractivity contribution in [1.82, 2.24) is 9.97 Å². The summed E-state index contributed by atoms with van der Waals surface area (Å²) in [4.78, 5) is 11.0. The van der Waals surface area contributed by atoms with E-state index in [0.29, 0.717) is 17.7 Å². The number of aromatic nitrogens is 2. The van der Waals surface area contributed by atoms with E-state index >= 15 is 0 Å². The number of amidine groups is 1. The Kier molecular flexibility index (Phi) is 5.36. The Hall–Kier alpha value is -1.85. The third-order valence-corrected chi connectivity index (χ3v) is 4.01. The average molecular weight is 291 g/mol. The molecule has 1 aromatic rings. The van der Waals surface area contributed by atoms with Gasteiger partial charge in [0.05, 0.1) is 0 Å². The molecule has 1 heterocycles. The molecular formula is C15H25N5O. The molecule has 1 saturated carbocycles. The molecular weight excluding hydrogens is 266 g/mol. The second-order valence-corrected chi connectivity index (χ2v) is 6.03. The Bertz CT molecular complexity index is 483. The number of anilines is 1. The molecule has 0 spiro atoms. The van der Waals surface area contributed by atoms with E-state index < -0.39 is 0 Å². The van der Waals surface area contributed by atoms with Crippen molar-refractivity contribution in [3.05, 3.63) is 18.1 Å². The number of oxime groups is 1. The van der Waals surface area contributed by atoms with Gasteiger partial charge in [-0.1, -0.05) is 31.8 Å². The summed E-state index contributed by atoms with van der Waals surface area (Å²) in [6.45, 7) is 5.36. The smallest absolute Gasteiger partial charge is 0.192 e. The summed E-state index contributed by atoms with van der Waals surface area (Å²) in [7, 11) is 0. The maximum atomic E-state index is 8.95. The third kappa shape index (κ3) is 3.83. The highest BCUT2D eigenvalue weighted by Crippen LogP contribution is 2.29. The average Bonchev–Trinajstić information content (AvgIpc) is 3.01. The van der Waals surface area contributed by atoms with Crippen molar-refractivity contribution in [1.29, 1.82) is 0 Å². The summed E-state index contributed by atoms with van der Waals surface area (Å²) in [6, 6.07) is 0.477. The van der Waals surface area contributed by atoms with Gasteiger partial charge in [0.15, 0.2) is 17.3 Å².